The fourth-order valence-electron chi connectivity index (χ4n) is 1.62. The molecule has 0 unspecified atom stereocenters. The Balaban J connectivity index is 2.50. The summed E-state index contributed by atoms with van der Waals surface area (Å²) in [6.07, 6.45) is 0. The van der Waals surface area contributed by atoms with E-state index < -0.39 is 9.84 Å². The average molecular weight is 262 g/mol. The van der Waals surface area contributed by atoms with Crippen molar-refractivity contribution in [3.05, 3.63) is 54.1 Å². The van der Waals surface area contributed by atoms with Crippen LogP contribution in [-0.4, -0.2) is 15.5 Å². The lowest BCUT2D eigenvalue weighted by Gasteiger charge is -2.06. The predicted molar refractivity (Wildman–Crippen MR) is 69.6 cm³/mol. The van der Waals surface area contributed by atoms with Crippen LogP contribution in [0.3, 0.4) is 0 Å². The van der Waals surface area contributed by atoms with E-state index in [0.717, 1.165) is 5.56 Å². The predicted octanol–water partition coefficient (Wildman–Crippen LogP) is 2.84. The van der Waals surface area contributed by atoms with Gasteiger partial charge in [-0.25, -0.2) is 8.42 Å². The Bertz CT molecular complexity index is 643. The Morgan fingerprint density at radius 1 is 0.944 bits per heavy atom. The summed E-state index contributed by atoms with van der Waals surface area (Å²) in [5.74, 6) is 0.531. The minimum atomic E-state index is -3.47. The largest absolute Gasteiger partial charge is 0.497 e. The Morgan fingerprint density at radius 2 is 1.61 bits per heavy atom. The van der Waals surface area contributed by atoms with Crippen LogP contribution in [0, 0.1) is 6.92 Å². The summed E-state index contributed by atoms with van der Waals surface area (Å²) < 4.78 is 29.8. The summed E-state index contributed by atoms with van der Waals surface area (Å²) in [5.41, 5.74) is 1.03. The third-order valence-electron chi connectivity index (χ3n) is 2.68. The summed E-state index contributed by atoms with van der Waals surface area (Å²) in [6.45, 7) is 1.92. The first-order chi connectivity index (χ1) is 8.54. The Labute approximate surface area is 107 Å². The number of methoxy groups -OCH3 is 1. The van der Waals surface area contributed by atoms with Crippen molar-refractivity contribution in [2.75, 3.05) is 7.11 Å². The molecule has 0 aliphatic carbocycles. The van der Waals surface area contributed by atoms with Gasteiger partial charge in [-0.05, 0) is 37.3 Å². The molecule has 0 heterocycles. The molecule has 0 saturated carbocycles. The van der Waals surface area contributed by atoms with Crippen LogP contribution >= 0.6 is 0 Å². The molecule has 0 spiro atoms. The number of ether oxygens (including phenoxy) is 1. The lowest BCUT2D eigenvalue weighted by molar-refractivity contribution is 0.413. The van der Waals surface area contributed by atoms with Gasteiger partial charge in [0.25, 0.3) is 0 Å². The molecule has 2 aromatic carbocycles. The second-order valence-electron chi connectivity index (χ2n) is 4.00. The zero-order chi connectivity index (χ0) is 13.2. The van der Waals surface area contributed by atoms with Crippen LogP contribution in [0.25, 0.3) is 0 Å². The SMILES string of the molecule is COc1cccc(S(=O)(=O)c2ccc(C)cc2)c1. The number of benzene rings is 2. The molecule has 0 radical (unpaired) electrons. The molecule has 94 valence electrons. The van der Waals surface area contributed by atoms with E-state index >= 15 is 0 Å². The first-order valence-electron chi connectivity index (χ1n) is 5.50. The van der Waals surface area contributed by atoms with Gasteiger partial charge in [-0.2, -0.15) is 0 Å². The highest BCUT2D eigenvalue weighted by Gasteiger charge is 2.17. The van der Waals surface area contributed by atoms with E-state index in [1.165, 1.54) is 13.2 Å². The van der Waals surface area contributed by atoms with E-state index in [9.17, 15) is 8.42 Å². The topological polar surface area (TPSA) is 43.4 Å². The number of hydrogen-bond donors (Lipinski definition) is 0. The van der Waals surface area contributed by atoms with Crippen molar-refractivity contribution in [3.63, 3.8) is 0 Å². The molecular formula is C14H14O3S. The monoisotopic (exact) mass is 262 g/mol. The smallest absolute Gasteiger partial charge is 0.206 e. The van der Waals surface area contributed by atoms with Crippen LogP contribution in [0.15, 0.2) is 58.3 Å². The van der Waals surface area contributed by atoms with E-state index in [-0.39, 0.29) is 4.90 Å². The standard InChI is InChI=1S/C14H14O3S/c1-11-6-8-13(9-7-11)18(15,16)14-5-3-4-12(10-14)17-2/h3-10H,1-2H3. The molecule has 0 aliphatic heterocycles. The maximum Gasteiger partial charge on any atom is 0.206 e. The quantitative estimate of drug-likeness (QED) is 0.854. The lowest BCUT2D eigenvalue weighted by Crippen LogP contribution is -2.02. The molecule has 0 aromatic heterocycles. The summed E-state index contributed by atoms with van der Waals surface area (Å²) in [7, 11) is -1.96. The van der Waals surface area contributed by atoms with Crippen molar-refractivity contribution in [3.8, 4) is 5.75 Å². The number of hydrogen-bond acceptors (Lipinski definition) is 3. The van der Waals surface area contributed by atoms with E-state index in [4.69, 9.17) is 4.74 Å². The van der Waals surface area contributed by atoms with E-state index in [1.54, 1.807) is 42.5 Å². The van der Waals surface area contributed by atoms with Crippen molar-refractivity contribution in [1.82, 2.24) is 0 Å². The Morgan fingerprint density at radius 3 is 2.22 bits per heavy atom. The zero-order valence-corrected chi connectivity index (χ0v) is 11.1. The first-order valence-corrected chi connectivity index (χ1v) is 6.98. The van der Waals surface area contributed by atoms with Gasteiger partial charge in [0.1, 0.15) is 5.75 Å². The van der Waals surface area contributed by atoms with Crippen molar-refractivity contribution in [2.45, 2.75) is 16.7 Å². The van der Waals surface area contributed by atoms with Gasteiger partial charge in [0.05, 0.1) is 16.9 Å². The molecule has 0 amide bonds. The molecule has 0 atom stereocenters. The lowest BCUT2D eigenvalue weighted by atomic mass is 10.2. The van der Waals surface area contributed by atoms with Crippen LogP contribution < -0.4 is 4.74 Å². The van der Waals surface area contributed by atoms with Gasteiger partial charge < -0.3 is 4.74 Å². The number of sulfone groups is 1. The van der Waals surface area contributed by atoms with Gasteiger partial charge in [0, 0.05) is 0 Å². The van der Waals surface area contributed by atoms with E-state index in [2.05, 4.69) is 0 Å². The molecule has 0 aliphatic rings. The molecule has 0 saturated heterocycles. The third kappa shape index (κ3) is 2.38. The summed E-state index contributed by atoms with van der Waals surface area (Å²) >= 11 is 0. The minimum Gasteiger partial charge on any atom is -0.497 e. The van der Waals surface area contributed by atoms with Crippen molar-refractivity contribution < 1.29 is 13.2 Å². The Hall–Kier alpha value is -1.81. The molecule has 3 nitrogen and oxygen atoms in total. The van der Waals surface area contributed by atoms with Gasteiger partial charge in [0.2, 0.25) is 9.84 Å². The maximum atomic E-state index is 12.4. The van der Waals surface area contributed by atoms with Gasteiger partial charge in [-0.1, -0.05) is 23.8 Å². The highest BCUT2D eigenvalue weighted by molar-refractivity contribution is 7.91. The molecule has 4 heteroatoms. The zero-order valence-electron chi connectivity index (χ0n) is 10.3. The van der Waals surface area contributed by atoms with Crippen molar-refractivity contribution in [1.29, 1.82) is 0 Å². The van der Waals surface area contributed by atoms with Crippen LogP contribution in [0.2, 0.25) is 0 Å². The third-order valence-corrected chi connectivity index (χ3v) is 4.45. The molecule has 0 fully saturated rings. The summed E-state index contributed by atoms with van der Waals surface area (Å²) in [4.78, 5) is 0.534. The number of aryl methyl sites for hydroxylation is 1. The maximum absolute atomic E-state index is 12.4. The molecule has 18 heavy (non-hydrogen) atoms. The van der Waals surface area contributed by atoms with Crippen LogP contribution in [0.5, 0.6) is 5.75 Å². The molecule has 0 bridgehead atoms. The van der Waals surface area contributed by atoms with Crippen molar-refractivity contribution >= 4 is 9.84 Å². The van der Waals surface area contributed by atoms with E-state index in [1.807, 2.05) is 6.92 Å². The van der Waals surface area contributed by atoms with Crippen LogP contribution in [-0.2, 0) is 9.84 Å². The van der Waals surface area contributed by atoms with Gasteiger partial charge in [0.15, 0.2) is 0 Å². The van der Waals surface area contributed by atoms with Gasteiger partial charge in [-0.15, -0.1) is 0 Å². The van der Waals surface area contributed by atoms with Crippen LogP contribution in [0.1, 0.15) is 5.56 Å². The highest BCUT2D eigenvalue weighted by Crippen LogP contribution is 2.24. The first kappa shape index (κ1) is 12.6. The summed E-state index contributed by atoms with van der Waals surface area (Å²) in [6, 6.07) is 13.3. The highest BCUT2D eigenvalue weighted by atomic mass is 32.2. The second kappa shape index (κ2) is 4.82. The van der Waals surface area contributed by atoms with Crippen molar-refractivity contribution in [2.24, 2.45) is 0 Å². The summed E-state index contributed by atoms with van der Waals surface area (Å²) in [5, 5.41) is 0. The number of rotatable bonds is 3. The minimum absolute atomic E-state index is 0.241. The molecular weight excluding hydrogens is 248 g/mol. The second-order valence-corrected chi connectivity index (χ2v) is 5.95. The molecule has 2 rings (SSSR count). The van der Waals surface area contributed by atoms with Gasteiger partial charge in [-0.3, -0.25) is 0 Å². The van der Waals surface area contributed by atoms with Crippen LogP contribution in [0.4, 0.5) is 0 Å². The van der Waals surface area contributed by atoms with E-state index in [0.29, 0.717) is 10.6 Å². The molecule has 0 N–H and O–H groups in total. The molecule has 2 aromatic rings. The normalized spacial score (nSPS) is 11.2. The fraction of sp³-hybridized carbons (Fsp3) is 0.143. The van der Waals surface area contributed by atoms with Gasteiger partial charge >= 0.3 is 0 Å². The average Bonchev–Trinajstić information content (AvgIpc) is 2.39. The Kier molecular flexibility index (Phi) is 3.39. The fourth-order valence-corrected chi connectivity index (χ4v) is 2.92.